The molecule has 0 radical (unpaired) electrons. The number of thioether (sulfide) groups is 1. The van der Waals surface area contributed by atoms with E-state index in [1.807, 2.05) is 36.6 Å². The number of ether oxygens (including phenoxy) is 1. The van der Waals surface area contributed by atoms with Crippen LogP contribution in [0.25, 0.3) is 0 Å². The van der Waals surface area contributed by atoms with Gasteiger partial charge in [0.1, 0.15) is 12.6 Å². The van der Waals surface area contributed by atoms with Crippen LogP contribution in [0.5, 0.6) is 0 Å². The number of rotatable bonds is 11. The fraction of sp³-hybridized carbons (Fsp3) is 0.609. The third-order valence-electron chi connectivity index (χ3n) is 5.73. The van der Waals surface area contributed by atoms with Crippen LogP contribution in [-0.4, -0.2) is 53.3 Å². The summed E-state index contributed by atoms with van der Waals surface area (Å²) in [5.41, 5.74) is 0.877. The van der Waals surface area contributed by atoms with E-state index >= 15 is 0 Å². The van der Waals surface area contributed by atoms with Gasteiger partial charge in [0.25, 0.3) is 0 Å². The number of amides is 3. The maximum absolute atomic E-state index is 13.0. The largest absolute Gasteiger partial charge is 0.465 e. The summed E-state index contributed by atoms with van der Waals surface area (Å²) >= 11 is 1.61. The van der Waals surface area contributed by atoms with Gasteiger partial charge < -0.3 is 25.8 Å². The third kappa shape index (κ3) is 8.98. The molecular formula is C23H35N3O5S. The van der Waals surface area contributed by atoms with E-state index < -0.39 is 18.2 Å². The first-order chi connectivity index (χ1) is 15.4. The van der Waals surface area contributed by atoms with E-state index in [2.05, 4.69) is 22.9 Å². The van der Waals surface area contributed by atoms with Gasteiger partial charge in [-0.15, -0.1) is 0 Å². The minimum Gasteiger partial charge on any atom is -0.465 e. The molecule has 1 saturated carbocycles. The summed E-state index contributed by atoms with van der Waals surface area (Å²) in [4.78, 5) is 36.3. The highest BCUT2D eigenvalue weighted by Gasteiger charge is 2.33. The van der Waals surface area contributed by atoms with Crippen molar-refractivity contribution in [3.05, 3.63) is 35.9 Å². The van der Waals surface area contributed by atoms with Crippen molar-refractivity contribution in [1.29, 1.82) is 0 Å². The maximum atomic E-state index is 13.0. The van der Waals surface area contributed by atoms with Gasteiger partial charge in [0.05, 0.1) is 0 Å². The predicted octanol–water partition coefficient (Wildman–Crippen LogP) is 3.76. The molecule has 0 aliphatic heterocycles. The Hall–Kier alpha value is -2.42. The summed E-state index contributed by atoms with van der Waals surface area (Å²) in [6.07, 6.45) is 4.78. The second kappa shape index (κ2) is 13.9. The number of alkyl carbamates (subject to hydrolysis) is 1. The minimum absolute atomic E-state index is 0.0341. The van der Waals surface area contributed by atoms with Gasteiger partial charge in [0.2, 0.25) is 5.91 Å². The highest BCUT2D eigenvalue weighted by atomic mass is 32.2. The molecule has 3 amide bonds. The summed E-state index contributed by atoms with van der Waals surface area (Å²) in [7, 11) is 0. The molecule has 4 atom stereocenters. The zero-order valence-electron chi connectivity index (χ0n) is 18.8. The summed E-state index contributed by atoms with van der Waals surface area (Å²) in [5, 5.41) is 17.4. The van der Waals surface area contributed by atoms with Gasteiger partial charge in [-0.3, -0.25) is 4.79 Å². The summed E-state index contributed by atoms with van der Waals surface area (Å²) in [6.45, 7) is 2.22. The first-order valence-electron chi connectivity index (χ1n) is 11.2. The van der Waals surface area contributed by atoms with E-state index in [9.17, 15) is 14.4 Å². The van der Waals surface area contributed by atoms with Crippen molar-refractivity contribution in [2.45, 2.75) is 70.2 Å². The number of benzene rings is 1. The highest BCUT2D eigenvalue weighted by Crippen LogP contribution is 2.28. The van der Waals surface area contributed by atoms with Crippen molar-refractivity contribution >= 4 is 29.9 Å². The Morgan fingerprint density at radius 2 is 1.94 bits per heavy atom. The van der Waals surface area contributed by atoms with Gasteiger partial charge in [0, 0.05) is 12.1 Å². The van der Waals surface area contributed by atoms with Crippen LogP contribution in [0, 0.1) is 5.92 Å². The summed E-state index contributed by atoms with van der Waals surface area (Å²) in [6, 6.07) is 8.58. The number of hydrogen-bond donors (Lipinski definition) is 4. The molecule has 0 unspecified atom stereocenters. The van der Waals surface area contributed by atoms with Crippen LogP contribution in [0.1, 0.15) is 51.0 Å². The first kappa shape index (κ1) is 25.8. The van der Waals surface area contributed by atoms with Crippen molar-refractivity contribution in [2.75, 3.05) is 12.0 Å². The lowest BCUT2D eigenvalue weighted by atomic mass is 9.79. The highest BCUT2D eigenvalue weighted by molar-refractivity contribution is 7.98. The van der Waals surface area contributed by atoms with Gasteiger partial charge in [-0.1, -0.05) is 43.7 Å². The fourth-order valence-corrected chi connectivity index (χ4v) is 4.62. The van der Waals surface area contributed by atoms with Crippen LogP contribution in [0.4, 0.5) is 9.59 Å². The smallest absolute Gasteiger partial charge is 0.408 e. The van der Waals surface area contributed by atoms with Gasteiger partial charge in [-0.05, 0) is 55.6 Å². The Morgan fingerprint density at radius 1 is 1.19 bits per heavy atom. The SMILES string of the molecule is CCC[C@@H]1C[C@H](NC(=O)O)CC[C@@H]1NC(=O)[C@H](CCSC)NC(=O)OCc1ccccc1. The van der Waals surface area contributed by atoms with Crippen molar-refractivity contribution < 1.29 is 24.2 Å². The van der Waals surface area contributed by atoms with Crippen LogP contribution in [0.3, 0.4) is 0 Å². The topological polar surface area (TPSA) is 117 Å². The average molecular weight is 466 g/mol. The molecule has 0 spiro atoms. The lowest BCUT2D eigenvalue weighted by molar-refractivity contribution is -0.124. The zero-order valence-corrected chi connectivity index (χ0v) is 19.7. The Labute approximate surface area is 194 Å². The fourth-order valence-electron chi connectivity index (χ4n) is 4.14. The van der Waals surface area contributed by atoms with Gasteiger partial charge in [-0.25, -0.2) is 9.59 Å². The average Bonchev–Trinajstić information content (AvgIpc) is 2.77. The quantitative estimate of drug-likeness (QED) is 0.395. The summed E-state index contributed by atoms with van der Waals surface area (Å²) in [5.74, 6) is 0.706. The van der Waals surface area contributed by atoms with Crippen LogP contribution in [0.15, 0.2) is 30.3 Å². The molecule has 1 fully saturated rings. The molecule has 4 N–H and O–H groups in total. The Morgan fingerprint density at radius 3 is 2.59 bits per heavy atom. The molecule has 0 bridgehead atoms. The molecule has 178 valence electrons. The maximum Gasteiger partial charge on any atom is 0.408 e. The number of carbonyl (C=O) groups excluding carboxylic acids is 2. The molecule has 8 nitrogen and oxygen atoms in total. The predicted molar refractivity (Wildman–Crippen MR) is 126 cm³/mol. The Kier molecular flexibility index (Phi) is 11.2. The molecule has 0 saturated heterocycles. The molecule has 0 aromatic heterocycles. The van der Waals surface area contributed by atoms with E-state index in [-0.39, 0.29) is 30.5 Å². The van der Waals surface area contributed by atoms with Crippen LogP contribution in [-0.2, 0) is 16.1 Å². The molecule has 2 rings (SSSR count). The second-order valence-corrected chi connectivity index (χ2v) is 9.15. The summed E-state index contributed by atoms with van der Waals surface area (Å²) < 4.78 is 5.29. The molecular weight excluding hydrogens is 430 g/mol. The lowest BCUT2D eigenvalue weighted by Crippen LogP contribution is -2.54. The number of carboxylic acid groups (broad SMARTS) is 1. The van der Waals surface area contributed by atoms with Crippen molar-refractivity contribution in [3.63, 3.8) is 0 Å². The van der Waals surface area contributed by atoms with Crippen molar-refractivity contribution in [3.8, 4) is 0 Å². The molecule has 9 heteroatoms. The molecule has 1 aliphatic rings. The van der Waals surface area contributed by atoms with Gasteiger partial charge >= 0.3 is 12.2 Å². The van der Waals surface area contributed by atoms with E-state index in [0.29, 0.717) is 25.7 Å². The molecule has 1 aliphatic carbocycles. The second-order valence-electron chi connectivity index (χ2n) is 8.16. The number of hydrogen-bond acceptors (Lipinski definition) is 5. The van der Waals surface area contributed by atoms with E-state index in [1.165, 1.54) is 0 Å². The zero-order chi connectivity index (χ0) is 23.3. The minimum atomic E-state index is -1.01. The first-order valence-corrected chi connectivity index (χ1v) is 12.6. The lowest BCUT2D eigenvalue weighted by Gasteiger charge is -2.37. The van der Waals surface area contributed by atoms with E-state index in [1.54, 1.807) is 11.8 Å². The third-order valence-corrected chi connectivity index (χ3v) is 6.37. The molecule has 32 heavy (non-hydrogen) atoms. The van der Waals surface area contributed by atoms with Gasteiger partial charge in [-0.2, -0.15) is 11.8 Å². The standard InChI is InChI=1S/C23H35N3O5S/c1-3-7-17-14-18(24-22(28)29)10-11-19(17)25-21(27)20(12-13-32-2)26-23(30)31-15-16-8-5-4-6-9-16/h4-6,8-9,17-20,24H,3,7,10-15H2,1-2H3,(H,25,27)(H,26,30)(H,28,29)/t17-,18-,19+,20+/m1/s1. The van der Waals surface area contributed by atoms with E-state index in [4.69, 9.17) is 9.84 Å². The molecule has 1 aromatic rings. The van der Waals surface area contributed by atoms with Crippen LogP contribution < -0.4 is 16.0 Å². The van der Waals surface area contributed by atoms with Gasteiger partial charge in [0.15, 0.2) is 0 Å². The van der Waals surface area contributed by atoms with Crippen LogP contribution >= 0.6 is 11.8 Å². The van der Waals surface area contributed by atoms with E-state index in [0.717, 1.165) is 24.2 Å². The molecule has 0 heterocycles. The monoisotopic (exact) mass is 465 g/mol. The Bertz CT molecular complexity index is 734. The Balaban J connectivity index is 1.93. The normalized spacial score (nSPS) is 21.2. The van der Waals surface area contributed by atoms with Crippen molar-refractivity contribution in [2.24, 2.45) is 5.92 Å². The number of nitrogens with one attached hydrogen (secondary N) is 3. The van der Waals surface area contributed by atoms with Crippen molar-refractivity contribution in [1.82, 2.24) is 16.0 Å². The van der Waals surface area contributed by atoms with Crippen LogP contribution in [0.2, 0.25) is 0 Å². The molecule has 1 aromatic carbocycles. The number of carbonyl (C=O) groups is 3.